The van der Waals surface area contributed by atoms with Crippen molar-refractivity contribution >= 4 is 11.7 Å². The lowest BCUT2D eigenvalue weighted by Gasteiger charge is -2.06. The van der Waals surface area contributed by atoms with Gasteiger partial charge in [0, 0.05) is 11.9 Å². The molecule has 0 saturated carbocycles. The zero-order chi connectivity index (χ0) is 19.5. The number of aromatic nitrogens is 4. The summed E-state index contributed by atoms with van der Waals surface area (Å²) in [5, 5.41) is 13.4. The number of ether oxygens (including phenoxy) is 1. The Hall–Kier alpha value is -4.05. The summed E-state index contributed by atoms with van der Waals surface area (Å²) in [5.41, 5.74) is 4.05. The van der Waals surface area contributed by atoms with E-state index in [4.69, 9.17) is 4.74 Å². The average molecular weight is 369 g/mol. The average Bonchev–Trinajstić information content (AvgIpc) is 3.18. The SMILES string of the molecule is Cc1ccnc2nc(C(=O)OCc3ccc(-c4ccccc4C#N)cc3)nn12. The van der Waals surface area contributed by atoms with Gasteiger partial charge in [-0.05, 0) is 35.7 Å². The van der Waals surface area contributed by atoms with Gasteiger partial charge in [-0.2, -0.15) is 10.2 Å². The molecule has 0 aliphatic carbocycles. The minimum Gasteiger partial charge on any atom is -0.455 e. The molecular weight excluding hydrogens is 354 g/mol. The van der Waals surface area contributed by atoms with Crippen LogP contribution in [0.15, 0.2) is 60.8 Å². The maximum absolute atomic E-state index is 12.2. The molecule has 0 radical (unpaired) electrons. The largest absolute Gasteiger partial charge is 0.455 e. The molecule has 4 aromatic rings. The summed E-state index contributed by atoms with van der Waals surface area (Å²) in [6.45, 7) is 1.95. The lowest BCUT2D eigenvalue weighted by atomic mass is 9.99. The zero-order valence-electron chi connectivity index (χ0n) is 15.0. The van der Waals surface area contributed by atoms with E-state index < -0.39 is 5.97 Å². The number of nitrogens with zero attached hydrogens (tertiary/aromatic N) is 5. The number of nitriles is 1. The number of hydrogen-bond donors (Lipinski definition) is 0. The standard InChI is InChI=1S/C21H15N5O2/c1-14-10-11-23-21-24-19(25-26(14)21)20(27)28-13-15-6-8-16(9-7-15)18-5-3-2-4-17(18)12-22/h2-11H,13H2,1H3. The van der Waals surface area contributed by atoms with Crippen molar-refractivity contribution in [2.45, 2.75) is 13.5 Å². The lowest BCUT2D eigenvalue weighted by Crippen LogP contribution is -2.07. The van der Waals surface area contributed by atoms with Gasteiger partial charge in [0.2, 0.25) is 0 Å². The number of benzene rings is 2. The fourth-order valence-electron chi connectivity index (χ4n) is 2.82. The molecule has 0 atom stereocenters. The molecule has 0 spiro atoms. The highest BCUT2D eigenvalue weighted by Gasteiger charge is 2.16. The second-order valence-corrected chi connectivity index (χ2v) is 6.16. The number of fused-ring (bicyclic) bond motifs is 1. The summed E-state index contributed by atoms with van der Waals surface area (Å²) in [5.74, 6) is -0.280. The van der Waals surface area contributed by atoms with E-state index in [-0.39, 0.29) is 12.4 Å². The van der Waals surface area contributed by atoms with E-state index in [1.807, 2.05) is 49.4 Å². The molecule has 0 N–H and O–H groups in total. The van der Waals surface area contributed by atoms with Crippen LogP contribution in [0.3, 0.4) is 0 Å². The topological polar surface area (TPSA) is 93.2 Å². The Kier molecular flexibility index (Phi) is 4.52. The van der Waals surface area contributed by atoms with Crippen molar-refractivity contribution < 1.29 is 9.53 Å². The number of esters is 1. The minimum absolute atomic E-state index is 0.0265. The molecule has 4 rings (SSSR count). The van der Waals surface area contributed by atoms with Gasteiger partial charge in [-0.25, -0.2) is 14.3 Å². The Morgan fingerprint density at radius 1 is 1.14 bits per heavy atom. The third kappa shape index (κ3) is 3.31. The fourth-order valence-corrected chi connectivity index (χ4v) is 2.82. The highest BCUT2D eigenvalue weighted by molar-refractivity contribution is 5.85. The number of carbonyl (C=O) groups is 1. The van der Waals surface area contributed by atoms with Gasteiger partial charge in [-0.15, -0.1) is 5.10 Å². The summed E-state index contributed by atoms with van der Waals surface area (Å²) in [7, 11) is 0. The van der Waals surface area contributed by atoms with E-state index in [9.17, 15) is 10.1 Å². The van der Waals surface area contributed by atoms with Crippen LogP contribution in [0.2, 0.25) is 0 Å². The van der Waals surface area contributed by atoms with Gasteiger partial charge in [-0.1, -0.05) is 42.5 Å². The molecule has 2 aromatic carbocycles. The summed E-state index contributed by atoms with van der Waals surface area (Å²) < 4.78 is 6.81. The molecule has 0 saturated heterocycles. The van der Waals surface area contributed by atoms with Crippen molar-refractivity contribution in [1.29, 1.82) is 5.26 Å². The van der Waals surface area contributed by atoms with Gasteiger partial charge in [-0.3, -0.25) is 0 Å². The van der Waals surface area contributed by atoms with Crippen LogP contribution in [0.4, 0.5) is 0 Å². The predicted molar refractivity (Wildman–Crippen MR) is 101 cm³/mol. The molecule has 2 aromatic heterocycles. The van der Waals surface area contributed by atoms with Crippen LogP contribution >= 0.6 is 0 Å². The first-order valence-electron chi connectivity index (χ1n) is 8.59. The predicted octanol–water partition coefficient (Wildman–Crippen LogP) is 3.33. The first-order chi connectivity index (χ1) is 13.7. The van der Waals surface area contributed by atoms with E-state index in [1.165, 1.54) is 4.52 Å². The van der Waals surface area contributed by atoms with Crippen LogP contribution in [0.5, 0.6) is 0 Å². The second-order valence-electron chi connectivity index (χ2n) is 6.16. The summed E-state index contributed by atoms with van der Waals surface area (Å²) >= 11 is 0. The molecule has 136 valence electrons. The van der Waals surface area contributed by atoms with Crippen LogP contribution in [-0.2, 0) is 11.3 Å². The molecule has 0 unspecified atom stereocenters. The van der Waals surface area contributed by atoms with E-state index in [0.29, 0.717) is 11.3 Å². The van der Waals surface area contributed by atoms with Crippen molar-refractivity contribution in [3.8, 4) is 17.2 Å². The molecule has 2 heterocycles. The number of aryl methyl sites for hydroxylation is 1. The number of hydrogen-bond acceptors (Lipinski definition) is 6. The molecular formula is C21H15N5O2. The molecule has 28 heavy (non-hydrogen) atoms. The van der Waals surface area contributed by atoms with Crippen molar-refractivity contribution in [2.75, 3.05) is 0 Å². The highest BCUT2D eigenvalue weighted by Crippen LogP contribution is 2.23. The molecule has 0 amide bonds. The molecule has 7 nitrogen and oxygen atoms in total. The molecule has 0 fully saturated rings. The highest BCUT2D eigenvalue weighted by atomic mass is 16.5. The lowest BCUT2D eigenvalue weighted by molar-refractivity contribution is 0.0458. The third-order valence-corrected chi connectivity index (χ3v) is 4.29. The van der Waals surface area contributed by atoms with Crippen molar-refractivity contribution in [2.24, 2.45) is 0 Å². The van der Waals surface area contributed by atoms with E-state index in [1.54, 1.807) is 18.3 Å². The maximum atomic E-state index is 12.2. The normalized spacial score (nSPS) is 10.6. The van der Waals surface area contributed by atoms with Crippen molar-refractivity contribution in [3.05, 3.63) is 83.4 Å². The van der Waals surface area contributed by atoms with Crippen LogP contribution in [0, 0.1) is 18.3 Å². The number of rotatable bonds is 4. The van der Waals surface area contributed by atoms with E-state index in [2.05, 4.69) is 21.1 Å². The van der Waals surface area contributed by atoms with Gasteiger partial charge in [0.15, 0.2) is 0 Å². The Labute approximate surface area is 160 Å². The maximum Gasteiger partial charge on any atom is 0.378 e. The Morgan fingerprint density at radius 3 is 2.68 bits per heavy atom. The van der Waals surface area contributed by atoms with Gasteiger partial charge < -0.3 is 4.74 Å². The first kappa shape index (κ1) is 17.4. The molecule has 7 heteroatoms. The quantitative estimate of drug-likeness (QED) is 0.512. The number of carbonyl (C=O) groups excluding carboxylic acids is 1. The van der Waals surface area contributed by atoms with Gasteiger partial charge in [0.25, 0.3) is 11.6 Å². The second kappa shape index (κ2) is 7.29. The van der Waals surface area contributed by atoms with Gasteiger partial charge >= 0.3 is 5.97 Å². The Morgan fingerprint density at radius 2 is 1.93 bits per heavy atom. The van der Waals surface area contributed by atoms with Gasteiger partial charge in [0.1, 0.15) is 6.61 Å². The summed E-state index contributed by atoms with van der Waals surface area (Å²) in [6, 6.07) is 18.9. The minimum atomic E-state index is -0.608. The van der Waals surface area contributed by atoms with E-state index >= 15 is 0 Å². The Balaban J connectivity index is 1.47. The molecule has 0 aliphatic rings. The van der Waals surface area contributed by atoms with E-state index in [0.717, 1.165) is 22.4 Å². The third-order valence-electron chi connectivity index (χ3n) is 4.29. The van der Waals surface area contributed by atoms with Crippen LogP contribution in [-0.4, -0.2) is 25.6 Å². The zero-order valence-corrected chi connectivity index (χ0v) is 15.0. The van der Waals surface area contributed by atoms with Crippen molar-refractivity contribution in [1.82, 2.24) is 19.6 Å². The van der Waals surface area contributed by atoms with Crippen molar-refractivity contribution in [3.63, 3.8) is 0 Å². The van der Waals surface area contributed by atoms with Crippen LogP contribution in [0.1, 0.15) is 27.4 Å². The molecule has 0 aliphatic heterocycles. The van der Waals surface area contributed by atoms with Crippen LogP contribution < -0.4 is 0 Å². The summed E-state index contributed by atoms with van der Waals surface area (Å²) in [6.07, 6.45) is 1.61. The monoisotopic (exact) mass is 369 g/mol. The fraction of sp³-hybridized carbons (Fsp3) is 0.0952. The summed E-state index contributed by atoms with van der Waals surface area (Å²) in [4.78, 5) is 20.4. The first-order valence-corrected chi connectivity index (χ1v) is 8.59. The van der Waals surface area contributed by atoms with Crippen LogP contribution in [0.25, 0.3) is 16.9 Å². The smallest absolute Gasteiger partial charge is 0.378 e. The molecule has 0 bridgehead atoms. The Bertz CT molecular complexity index is 1210. The van der Waals surface area contributed by atoms with Gasteiger partial charge in [0.05, 0.1) is 11.6 Å².